The van der Waals surface area contributed by atoms with Crippen molar-refractivity contribution in [2.75, 3.05) is 6.54 Å². The van der Waals surface area contributed by atoms with Crippen molar-refractivity contribution >= 4 is 0 Å². The van der Waals surface area contributed by atoms with E-state index in [4.69, 9.17) is 0 Å². The summed E-state index contributed by atoms with van der Waals surface area (Å²) in [5, 5.41) is 8.08. The minimum atomic E-state index is 0.702. The second-order valence-electron chi connectivity index (χ2n) is 6.49. The fourth-order valence-corrected chi connectivity index (χ4v) is 3.25. The van der Waals surface area contributed by atoms with Gasteiger partial charge in [-0.05, 0) is 12.8 Å². The molecule has 0 unspecified atom stereocenters. The van der Waals surface area contributed by atoms with E-state index in [1.807, 2.05) is 7.05 Å². The molecule has 4 nitrogen and oxygen atoms in total. The maximum Gasteiger partial charge on any atom is 0.151 e. The molecular formula is C17H32N4. The molecular weight excluding hydrogens is 260 g/mol. The summed E-state index contributed by atoms with van der Waals surface area (Å²) in [6.45, 7) is 1.01. The highest BCUT2D eigenvalue weighted by atomic mass is 15.3. The first-order valence-electron chi connectivity index (χ1n) is 8.92. The minimum Gasteiger partial charge on any atom is -0.314 e. The van der Waals surface area contributed by atoms with Crippen LogP contribution in [0.2, 0.25) is 0 Å². The van der Waals surface area contributed by atoms with Crippen molar-refractivity contribution < 1.29 is 0 Å². The van der Waals surface area contributed by atoms with Crippen LogP contribution in [0.25, 0.3) is 0 Å². The fourth-order valence-electron chi connectivity index (χ4n) is 3.25. The average molecular weight is 292 g/mol. The Labute approximate surface area is 129 Å². The second-order valence-corrected chi connectivity index (χ2v) is 6.49. The lowest BCUT2D eigenvalue weighted by atomic mass is 9.98. The summed E-state index contributed by atoms with van der Waals surface area (Å²) >= 11 is 0. The van der Waals surface area contributed by atoms with E-state index < -0.39 is 0 Å². The first kappa shape index (κ1) is 16.5. The van der Waals surface area contributed by atoms with E-state index in [1.54, 1.807) is 11.0 Å². The van der Waals surface area contributed by atoms with Gasteiger partial charge in [0.25, 0.3) is 0 Å². The Bertz CT molecular complexity index is 363. The quantitative estimate of drug-likeness (QED) is 0.921. The van der Waals surface area contributed by atoms with E-state index >= 15 is 0 Å². The molecule has 0 aliphatic heterocycles. The van der Waals surface area contributed by atoms with Crippen molar-refractivity contribution in [1.82, 2.24) is 20.1 Å². The van der Waals surface area contributed by atoms with Gasteiger partial charge < -0.3 is 5.32 Å². The molecule has 4 heteroatoms. The summed E-state index contributed by atoms with van der Waals surface area (Å²) in [6, 6.07) is 0.702. The molecule has 1 N–H and O–H groups in total. The monoisotopic (exact) mass is 292 g/mol. The van der Waals surface area contributed by atoms with Gasteiger partial charge in [0.2, 0.25) is 0 Å². The summed E-state index contributed by atoms with van der Waals surface area (Å²) < 4.78 is 1.78. The van der Waals surface area contributed by atoms with Crippen molar-refractivity contribution in [1.29, 1.82) is 0 Å². The Kier molecular flexibility index (Phi) is 7.79. The summed E-state index contributed by atoms with van der Waals surface area (Å²) in [6.07, 6.45) is 18.2. The van der Waals surface area contributed by atoms with Gasteiger partial charge in [0.05, 0.1) is 0 Å². The topological polar surface area (TPSA) is 42.7 Å². The van der Waals surface area contributed by atoms with E-state index in [9.17, 15) is 0 Å². The molecule has 0 amide bonds. The van der Waals surface area contributed by atoms with Crippen LogP contribution in [0.3, 0.4) is 0 Å². The zero-order chi connectivity index (χ0) is 14.8. The lowest BCUT2D eigenvalue weighted by Gasteiger charge is -2.19. The van der Waals surface area contributed by atoms with Crippen LogP contribution in [0.15, 0.2) is 6.33 Å². The fraction of sp³-hybridized carbons (Fsp3) is 0.882. The molecule has 1 aliphatic rings. The van der Waals surface area contributed by atoms with Gasteiger partial charge in [-0.1, -0.05) is 57.8 Å². The predicted octanol–water partition coefficient (Wildman–Crippen LogP) is 3.62. The van der Waals surface area contributed by atoms with Crippen molar-refractivity contribution in [2.45, 2.75) is 83.1 Å². The van der Waals surface area contributed by atoms with Gasteiger partial charge >= 0.3 is 0 Å². The van der Waals surface area contributed by atoms with E-state index in [1.165, 1.54) is 70.6 Å². The van der Waals surface area contributed by atoms with E-state index in [0.29, 0.717) is 6.04 Å². The van der Waals surface area contributed by atoms with E-state index in [0.717, 1.165) is 18.8 Å². The molecule has 0 radical (unpaired) electrons. The smallest absolute Gasteiger partial charge is 0.151 e. The standard InChI is InChI=1S/C17H32N4/c1-21-15-19-17(20-21)13-14-18-16-11-9-7-5-3-2-4-6-8-10-12-16/h15-16,18H,2-14H2,1H3. The van der Waals surface area contributed by atoms with E-state index in [-0.39, 0.29) is 0 Å². The van der Waals surface area contributed by atoms with Crippen LogP contribution < -0.4 is 5.32 Å². The third kappa shape index (κ3) is 7.07. The van der Waals surface area contributed by atoms with Crippen LogP contribution in [0.4, 0.5) is 0 Å². The molecule has 0 bridgehead atoms. The zero-order valence-corrected chi connectivity index (χ0v) is 13.7. The maximum absolute atomic E-state index is 4.34. The molecule has 1 aliphatic carbocycles. The SMILES string of the molecule is Cn1cnc(CCNC2CCCCCCCCCCC2)n1. The molecule has 1 heterocycles. The van der Waals surface area contributed by atoms with Gasteiger partial charge in [-0.2, -0.15) is 5.10 Å². The molecule has 2 rings (SSSR count). The number of aryl methyl sites for hydroxylation is 1. The average Bonchev–Trinajstić information content (AvgIpc) is 2.87. The summed E-state index contributed by atoms with van der Waals surface area (Å²) in [7, 11) is 1.93. The number of hydrogen-bond donors (Lipinski definition) is 1. The summed E-state index contributed by atoms with van der Waals surface area (Å²) in [5.74, 6) is 0.957. The third-order valence-electron chi connectivity index (χ3n) is 4.53. The lowest BCUT2D eigenvalue weighted by molar-refractivity contribution is 0.405. The first-order valence-corrected chi connectivity index (χ1v) is 8.92. The largest absolute Gasteiger partial charge is 0.314 e. The normalized spacial score (nSPS) is 19.9. The lowest BCUT2D eigenvalue weighted by Crippen LogP contribution is -2.31. The van der Waals surface area contributed by atoms with Crippen LogP contribution in [0.5, 0.6) is 0 Å². The third-order valence-corrected chi connectivity index (χ3v) is 4.53. The van der Waals surface area contributed by atoms with Crippen LogP contribution in [0.1, 0.15) is 76.5 Å². The summed E-state index contributed by atoms with van der Waals surface area (Å²) in [5.41, 5.74) is 0. The van der Waals surface area contributed by atoms with Crippen molar-refractivity contribution in [3.63, 3.8) is 0 Å². The van der Waals surface area contributed by atoms with Crippen molar-refractivity contribution in [2.24, 2.45) is 7.05 Å². The molecule has 1 aromatic heterocycles. The maximum atomic E-state index is 4.34. The van der Waals surface area contributed by atoms with Gasteiger partial charge in [0, 0.05) is 26.1 Å². The van der Waals surface area contributed by atoms with Gasteiger partial charge in [-0.15, -0.1) is 0 Å². The van der Waals surface area contributed by atoms with Gasteiger partial charge in [0.1, 0.15) is 6.33 Å². The Morgan fingerprint density at radius 3 is 2.10 bits per heavy atom. The number of rotatable bonds is 4. The Morgan fingerprint density at radius 1 is 1.00 bits per heavy atom. The highest BCUT2D eigenvalue weighted by Crippen LogP contribution is 2.16. The Balaban J connectivity index is 1.67. The van der Waals surface area contributed by atoms with Crippen LogP contribution in [0, 0.1) is 0 Å². The van der Waals surface area contributed by atoms with Crippen LogP contribution in [-0.4, -0.2) is 27.4 Å². The van der Waals surface area contributed by atoms with Crippen LogP contribution in [-0.2, 0) is 13.5 Å². The van der Waals surface area contributed by atoms with Crippen LogP contribution >= 0.6 is 0 Å². The second kappa shape index (κ2) is 9.93. The highest BCUT2D eigenvalue weighted by Gasteiger charge is 2.09. The Morgan fingerprint density at radius 2 is 1.57 bits per heavy atom. The minimum absolute atomic E-state index is 0.702. The number of aromatic nitrogens is 3. The first-order chi connectivity index (χ1) is 10.3. The Hall–Kier alpha value is -0.900. The van der Waals surface area contributed by atoms with E-state index in [2.05, 4.69) is 15.4 Å². The molecule has 0 spiro atoms. The molecule has 1 fully saturated rings. The highest BCUT2D eigenvalue weighted by molar-refractivity contribution is 4.82. The molecule has 0 aromatic carbocycles. The molecule has 1 aromatic rings. The zero-order valence-electron chi connectivity index (χ0n) is 13.7. The molecule has 21 heavy (non-hydrogen) atoms. The molecule has 0 atom stereocenters. The summed E-state index contributed by atoms with van der Waals surface area (Å²) in [4.78, 5) is 4.29. The molecule has 1 saturated carbocycles. The number of hydrogen-bond acceptors (Lipinski definition) is 3. The van der Waals surface area contributed by atoms with Gasteiger partial charge in [-0.3, -0.25) is 4.68 Å². The van der Waals surface area contributed by atoms with Crippen molar-refractivity contribution in [3.8, 4) is 0 Å². The number of nitrogens with zero attached hydrogens (tertiary/aromatic N) is 3. The number of nitrogens with one attached hydrogen (secondary N) is 1. The predicted molar refractivity (Wildman–Crippen MR) is 87.3 cm³/mol. The molecule has 120 valence electrons. The molecule has 0 saturated heterocycles. The van der Waals surface area contributed by atoms with Crippen molar-refractivity contribution in [3.05, 3.63) is 12.2 Å². The van der Waals surface area contributed by atoms with Gasteiger partial charge in [0.15, 0.2) is 5.82 Å². The van der Waals surface area contributed by atoms with Gasteiger partial charge in [-0.25, -0.2) is 4.98 Å².